The molecule has 0 aromatic rings. The number of allylic oxidation sites excluding steroid dienone is 5. The van der Waals surface area contributed by atoms with Gasteiger partial charge in [-0.15, -0.1) is 0 Å². The maximum Gasteiger partial charge on any atom is 0.230 e. The molecule has 0 N–H and O–H groups in total. The second kappa shape index (κ2) is 13.1. The summed E-state index contributed by atoms with van der Waals surface area (Å²) >= 11 is 0. The summed E-state index contributed by atoms with van der Waals surface area (Å²) < 4.78 is 0. The summed E-state index contributed by atoms with van der Waals surface area (Å²) in [6, 6.07) is 0. The normalized spacial score (nSPS) is 15.8. The van der Waals surface area contributed by atoms with Crippen molar-refractivity contribution in [2.24, 2.45) is 5.92 Å². The van der Waals surface area contributed by atoms with Crippen LogP contribution in [0.4, 0.5) is 0 Å². The average Bonchev–Trinajstić information content (AvgIpc) is 2.73. The molecule has 5 nitrogen and oxygen atoms in total. The molecule has 2 amide bonds. The van der Waals surface area contributed by atoms with E-state index in [0.717, 1.165) is 24.8 Å². The molecule has 5 heteroatoms. The Hall–Kier alpha value is -2.17. The van der Waals surface area contributed by atoms with E-state index in [-0.39, 0.29) is 36.6 Å². The molecule has 29 heavy (non-hydrogen) atoms. The third-order valence-corrected chi connectivity index (χ3v) is 5.57. The Morgan fingerprint density at radius 2 is 1.90 bits per heavy atom. The first-order valence-electron chi connectivity index (χ1n) is 10.9. The predicted octanol–water partition coefficient (Wildman–Crippen LogP) is 4.65. The third-order valence-electron chi connectivity index (χ3n) is 5.57. The first-order chi connectivity index (χ1) is 13.8. The van der Waals surface area contributed by atoms with E-state index >= 15 is 0 Å². The van der Waals surface area contributed by atoms with Gasteiger partial charge >= 0.3 is 0 Å². The number of hydrogen-bond acceptors (Lipinski definition) is 3. The lowest BCUT2D eigenvalue weighted by Crippen LogP contribution is -2.46. The molecule has 0 bridgehead atoms. The van der Waals surface area contributed by atoms with Crippen molar-refractivity contribution in [1.29, 1.82) is 0 Å². The van der Waals surface area contributed by atoms with Crippen molar-refractivity contribution in [3.8, 4) is 0 Å². The van der Waals surface area contributed by atoms with Gasteiger partial charge in [0.1, 0.15) is 0 Å². The number of Topliss-reactive ketones (excluding diaryl/α,β-unsaturated/α-hetero) is 1. The zero-order chi connectivity index (χ0) is 21.8. The van der Waals surface area contributed by atoms with E-state index in [1.54, 1.807) is 9.80 Å². The summed E-state index contributed by atoms with van der Waals surface area (Å²) in [6.07, 6.45) is 13.1. The minimum absolute atomic E-state index is 0.0481. The summed E-state index contributed by atoms with van der Waals surface area (Å²) in [5, 5.41) is 0. The fourth-order valence-electron chi connectivity index (χ4n) is 3.57. The van der Waals surface area contributed by atoms with Gasteiger partial charge in [0, 0.05) is 26.4 Å². The number of hydrogen-bond donors (Lipinski definition) is 0. The highest BCUT2D eigenvalue weighted by Crippen LogP contribution is 2.25. The molecule has 0 saturated carbocycles. The van der Waals surface area contributed by atoms with Gasteiger partial charge in [-0.1, -0.05) is 36.8 Å². The fraction of sp³-hybridized carbons (Fsp3) is 0.625. The number of rotatable bonds is 11. The Morgan fingerprint density at radius 1 is 1.17 bits per heavy atom. The number of amides is 2. The standard InChI is InChI=1S/C24H38N2O3/c1-6-9-13-21(7-2)23(28)16-17-26(20(5)27)18-25(8-3)24(29)19(4)22-14-11-10-12-15-22/h6,9,13-14,19H,7-8,10-12,15-18H2,1-5H3/b9-6-,21-13+. The van der Waals surface area contributed by atoms with Crippen molar-refractivity contribution in [2.75, 3.05) is 19.8 Å². The Kier molecular flexibility index (Phi) is 11.3. The Morgan fingerprint density at radius 3 is 2.41 bits per heavy atom. The third kappa shape index (κ3) is 8.00. The monoisotopic (exact) mass is 402 g/mol. The summed E-state index contributed by atoms with van der Waals surface area (Å²) in [6.45, 7) is 10.3. The molecule has 0 spiro atoms. The van der Waals surface area contributed by atoms with E-state index in [4.69, 9.17) is 0 Å². The van der Waals surface area contributed by atoms with E-state index in [0.29, 0.717) is 19.5 Å². The van der Waals surface area contributed by atoms with Gasteiger partial charge in [-0.25, -0.2) is 0 Å². The Labute approximate surface area is 176 Å². The van der Waals surface area contributed by atoms with E-state index < -0.39 is 0 Å². The van der Waals surface area contributed by atoms with Gasteiger partial charge in [0.05, 0.1) is 12.6 Å². The topological polar surface area (TPSA) is 57.7 Å². The molecule has 0 aliphatic heterocycles. The van der Waals surface area contributed by atoms with Crippen LogP contribution in [-0.4, -0.2) is 47.2 Å². The van der Waals surface area contributed by atoms with Crippen LogP contribution < -0.4 is 0 Å². The summed E-state index contributed by atoms with van der Waals surface area (Å²) in [5.41, 5.74) is 1.97. The maximum absolute atomic E-state index is 13.0. The van der Waals surface area contributed by atoms with Crippen LogP contribution in [0.1, 0.15) is 73.1 Å². The van der Waals surface area contributed by atoms with E-state index in [2.05, 4.69) is 6.08 Å². The molecule has 0 heterocycles. The van der Waals surface area contributed by atoms with Crippen LogP contribution in [-0.2, 0) is 14.4 Å². The number of carbonyl (C=O) groups is 3. The van der Waals surface area contributed by atoms with Gasteiger partial charge in [-0.05, 0) is 58.4 Å². The van der Waals surface area contributed by atoms with Crippen molar-refractivity contribution in [1.82, 2.24) is 9.80 Å². The minimum Gasteiger partial charge on any atom is -0.325 e. The van der Waals surface area contributed by atoms with E-state index in [9.17, 15) is 14.4 Å². The van der Waals surface area contributed by atoms with Crippen LogP contribution in [0.5, 0.6) is 0 Å². The highest BCUT2D eigenvalue weighted by atomic mass is 16.2. The zero-order valence-corrected chi connectivity index (χ0v) is 18.9. The van der Waals surface area contributed by atoms with Crippen molar-refractivity contribution < 1.29 is 14.4 Å². The molecule has 0 fully saturated rings. The Bertz CT molecular complexity index is 661. The van der Waals surface area contributed by atoms with E-state index in [1.807, 2.05) is 45.9 Å². The van der Waals surface area contributed by atoms with Gasteiger partial charge in [-0.2, -0.15) is 0 Å². The second-order valence-corrected chi connectivity index (χ2v) is 7.61. The quantitative estimate of drug-likeness (QED) is 0.219. The van der Waals surface area contributed by atoms with Gasteiger partial charge in [0.25, 0.3) is 0 Å². The van der Waals surface area contributed by atoms with Gasteiger partial charge in [0.15, 0.2) is 5.78 Å². The number of nitrogens with zero attached hydrogens (tertiary/aromatic N) is 2. The van der Waals surface area contributed by atoms with Crippen molar-refractivity contribution in [2.45, 2.75) is 73.1 Å². The number of ketones is 1. The van der Waals surface area contributed by atoms with Crippen molar-refractivity contribution in [3.63, 3.8) is 0 Å². The molecule has 0 aromatic heterocycles. The lowest BCUT2D eigenvalue weighted by molar-refractivity contribution is -0.140. The van der Waals surface area contributed by atoms with Crippen LogP contribution in [0.2, 0.25) is 0 Å². The van der Waals surface area contributed by atoms with Crippen LogP contribution >= 0.6 is 0 Å². The molecule has 0 radical (unpaired) electrons. The first kappa shape index (κ1) is 24.9. The molecule has 0 saturated heterocycles. The minimum atomic E-state index is -0.152. The SMILES string of the molecule is C/C=C\C=C(/CC)C(=O)CCN(CN(CC)C(=O)C(C)C1=CCCCC1)C(C)=O. The van der Waals surface area contributed by atoms with Gasteiger partial charge in [-0.3, -0.25) is 14.4 Å². The summed E-state index contributed by atoms with van der Waals surface area (Å²) in [4.78, 5) is 41.0. The lowest BCUT2D eigenvalue weighted by atomic mass is 9.89. The molecule has 162 valence electrons. The van der Waals surface area contributed by atoms with Gasteiger partial charge in [0.2, 0.25) is 11.8 Å². The highest BCUT2D eigenvalue weighted by Gasteiger charge is 2.25. The molecular weight excluding hydrogens is 364 g/mol. The molecule has 1 aliphatic rings. The van der Waals surface area contributed by atoms with Crippen LogP contribution in [0.15, 0.2) is 35.5 Å². The zero-order valence-electron chi connectivity index (χ0n) is 18.9. The molecule has 1 unspecified atom stereocenters. The largest absolute Gasteiger partial charge is 0.325 e. The van der Waals surface area contributed by atoms with Crippen molar-refractivity contribution >= 4 is 17.6 Å². The highest BCUT2D eigenvalue weighted by molar-refractivity contribution is 5.95. The molecule has 1 aliphatic carbocycles. The molecule has 1 atom stereocenters. The average molecular weight is 403 g/mol. The Balaban J connectivity index is 2.77. The predicted molar refractivity (Wildman–Crippen MR) is 118 cm³/mol. The maximum atomic E-state index is 13.0. The van der Waals surface area contributed by atoms with Gasteiger partial charge < -0.3 is 9.80 Å². The smallest absolute Gasteiger partial charge is 0.230 e. The number of carbonyl (C=O) groups excluding carboxylic acids is 3. The summed E-state index contributed by atoms with van der Waals surface area (Å²) in [7, 11) is 0. The van der Waals surface area contributed by atoms with Crippen LogP contribution in [0.25, 0.3) is 0 Å². The fourth-order valence-corrected chi connectivity index (χ4v) is 3.57. The second-order valence-electron chi connectivity index (χ2n) is 7.61. The van der Waals surface area contributed by atoms with Crippen molar-refractivity contribution in [3.05, 3.63) is 35.5 Å². The summed E-state index contributed by atoms with van der Waals surface area (Å²) in [5.74, 6) is -0.169. The molecule has 0 aromatic carbocycles. The lowest BCUT2D eigenvalue weighted by Gasteiger charge is -2.32. The van der Waals surface area contributed by atoms with Crippen LogP contribution in [0.3, 0.4) is 0 Å². The van der Waals surface area contributed by atoms with Crippen LogP contribution in [0, 0.1) is 5.92 Å². The van der Waals surface area contributed by atoms with E-state index in [1.165, 1.54) is 18.9 Å². The molecular formula is C24H38N2O3. The first-order valence-corrected chi connectivity index (χ1v) is 10.9. The molecule has 1 rings (SSSR count).